The van der Waals surface area contributed by atoms with Crippen LogP contribution >= 0.6 is 11.6 Å². The monoisotopic (exact) mass is 228 g/mol. The van der Waals surface area contributed by atoms with Gasteiger partial charge in [0, 0.05) is 18.7 Å². The molecule has 0 aromatic heterocycles. The van der Waals surface area contributed by atoms with Gasteiger partial charge in [-0.2, -0.15) is 0 Å². The van der Waals surface area contributed by atoms with Crippen molar-refractivity contribution in [2.75, 3.05) is 20.1 Å². The standard InChI is InChI=1S/C10H13ClN2O2/c1-12-4-5-13-10(15)7-2-3-9(14)8(11)6-7/h2-3,6,12,14H,4-5H2,1H3,(H,13,15). The predicted octanol–water partition coefficient (Wildman–Crippen LogP) is 0.995. The highest BCUT2D eigenvalue weighted by Gasteiger charge is 2.06. The molecule has 5 heteroatoms. The lowest BCUT2D eigenvalue weighted by atomic mass is 10.2. The van der Waals surface area contributed by atoms with Crippen molar-refractivity contribution in [3.8, 4) is 5.75 Å². The number of halogens is 1. The van der Waals surface area contributed by atoms with Crippen LogP contribution in [0.5, 0.6) is 5.75 Å². The average Bonchev–Trinajstić information content (AvgIpc) is 2.22. The van der Waals surface area contributed by atoms with E-state index in [-0.39, 0.29) is 16.7 Å². The van der Waals surface area contributed by atoms with Crippen molar-refractivity contribution in [2.45, 2.75) is 0 Å². The first-order valence-electron chi connectivity index (χ1n) is 4.56. The van der Waals surface area contributed by atoms with Crippen LogP contribution < -0.4 is 10.6 Å². The molecule has 0 saturated carbocycles. The molecule has 82 valence electrons. The molecule has 4 nitrogen and oxygen atoms in total. The molecule has 1 aromatic rings. The van der Waals surface area contributed by atoms with E-state index in [0.717, 1.165) is 0 Å². The molecule has 0 heterocycles. The first-order chi connectivity index (χ1) is 7.15. The van der Waals surface area contributed by atoms with E-state index in [1.165, 1.54) is 18.2 Å². The molecule has 1 aromatic carbocycles. The molecule has 0 atom stereocenters. The lowest BCUT2D eigenvalue weighted by Gasteiger charge is -2.05. The van der Waals surface area contributed by atoms with Crippen molar-refractivity contribution in [2.24, 2.45) is 0 Å². The second-order valence-electron chi connectivity index (χ2n) is 3.03. The number of nitrogens with one attached hydrogen (secondary N) is 2. The average molecular weight is 229 g/mol. The Morgan fingerprint density at radius 2 is 2.20 bits per heavy atom. The fourth-order valence-corrected chi connectivity index (χ4v) is 1.23. The van der Waals surface area contributed by atoms with Gasteiger partial charge in [0.05, 0.1) is 5.02 Å². The molecule has 1 amide bonds. The highest BCUT2D eigenvalue weighted by Crippen LogP contribution is 2.23. The Bertz CT molecular complexity index is 355. The number of rotatable bonds is 4. The maximum absolute atomic E-state index is 11.5. The van der Waals surface area contributed by atoms with Crippen LogP contribution in [0.4, 0.5) is 0 Å². The fourth-order valence-electron chi connectivity index (χ4n) is 1.05. The van der Waals surface area contributed by atoms with Gasteiger partial charge < -0.3 is 15.7 Å². The van der Waals surface area contributed by atoms with Gasteiger partial charge >= 0.3 is 0 Å². The van der Waals surface area contributed by atoms with Gasteiger partial charge in [-0.25, -0.2) is 0 Å². The van der Waals surface area contributed by atoms with Gasteiger partial charge in [0.2, 0.25) is 0 Å². The summed E-state index contributed by atoms with van der Waals surface area (Å²) in [4.78, 5) is 11.5. The number of phenols is 1. The molecule has 0 aliphatic rings. The number of likely N-dealkylation sites (N-methyl/N-ethyl adjacent to an activating group) is 1. The summed E-state index contributed by atoms with van der Waals surface area (Å²) in [6, 6.07) is 4.36. The Morgan fingerprint density at radius 1 is 1.47 bits per heavy atom. The fraction of sp³-hybridized carbons (Fsp3) is 0.300. The second kappa shape index (κ2) is 5.58. The van der Waals surface area contributed by atoms with Crippen LogP contribution in [-0.4, -0.2) is 31.2 Å². The molecule has 0 bridgehead atoms. The number of carbonyl (C=O) groups is 1. The van der Waals surface area contributed by atoms with E-state index in [0.29, 0.717) is 18.7 Å². The molecular formula is C10H13ClN2O2. The highest BCUT2D eigenvalue weighted by molar-refractivity contribution is 6.32. The van der Waals surface area contributed by atoms with Crippen LogP contribution in [0.3, 0.4) is 0 Å². The van der Waals surface area contributed by atoms with Crippen LogP contribution in [0.25, 0.3) is 0 Å². The molecule has 0 radical (unpaired) electrons. The molecule has 3 N–H and O–H groups in total. The Hall–Kier alpha value is -1.26. The summed E-state index contributed by atoms with van der Waals surface area (Å²) in [5.74, 6) is -0.226. The summed E-state index contributed by atoms with van der Waals surface area (Å²) in [6.45, 7) is 1.26. The molecule has 0 aliphatic carbocycles. The van der Waals surface area contributed by atoms with Gasteiger partial charge in [-0.1, -0.05) is 11.6 Å². The van der Waals surface area contributed by atoms with Crippen molar-refractivity contribution in [3.05, 3.63) is 28.8 Å². The zero-order chi connectivity index (χ0) is 11.3. The van der Waals surface area contributed by atoms with Crippen LogP contribution in [0.15, 0.2) is 18.2 Å². The summed E-state index contributed by atoms with van der Waals surface area (Å²) in [5.41, 5.74) is 0.439. The van der Waals surface area contributed by atoms with Crippen LogP contribution in [0, 0.1) is 0 Å². The third-order valence-corrected chi connectivity index (χ3v) is 2.17. The molecular weight excluding hydrogens is 216 g/mol. The number of phenolic OH excluding ortho intramolecular Hbond substituents is 1. The summed E-state index contributed by atoms with van der Waals surface area (Å²) >= 11 is 5.68. The van der Waals surface area contributed by atoms with Gasteiger partial charge in [0.25, 0.3) is 5.91 Å². The number of hydrogen-bond donors (Lipinski definition) is 3. The van der Waals surface area contributed by atoms with Gasteiger partial charge in [0.1, 0.15) is 5.75 Å². The third-order valence-electron chi connectivity index (χ3n) is 1.87. The zero-order valence-corrected chi connectivity index (χ0v) is 9.14. The van der Waals surface area contributed by atoms with Crippen molar-refractivity contribution in [3.63, 3.8) is 0 Å². The molecule has 0 unspecified atom stereocenters. The van der Waals surface area contributed by atoms with Gasteiger partial charge in [-0.15, -0.1) is 0 Å². The van der Waals surface area contributed by atoms with Crippen molar-refractivity contribution in [1.82, 2.24) is 10.6 Å². The number of amides is 1. The van der Waals surface area contributed by atoms with Gasteiger partial charge in [-0.3, -0.25) is 4.79 Å². The minimum Gasteiger partial charge on any atom is -0.506 e. The molecule has 0 spiro atoms. The number of hydrogen-bond acceptors (Lipinski definition) is 3. The molecule has 0 saturated heterocycles. The predicted molar refractivity (Wildman–Crippen MR) is 59.4 cm³/mol. The first kappa shape index (κ1) is 11.8. The normalized spacial score (nSPS) is 10.0. The number of carbonyl (C=O) groups excluding carboxylic acids is 1. The van der Waals surface area contributed by atoms with E-state index in [1.807, 2.05) is 7.05 Å². The molecule has 15 heavy (non-hydrogen) atoms. The van der Waals surface area contributed by atoms with E-state index < -0.39 is 0 Å². The summed E-state index contributed by atoms with van der Waals surface area (Å²) < 4.78 is 0. The zero-order valence-electron chi connectivity index (χ0n) is 8.38. The molecule has 0 fully saturated rings. The van der Waals surface area contributed by atoms with Gasteiger partial charge in [-0.05, 0) is 25.2 Å². The van der Waals surface area contributed by atoms with E-state index in [9.17, 15) is 4.79 Å². The number of benzene rings is 1. The largest absolute Gasteiger partial charge is 0.506 e. The van der Waals surface area contributed by atoms with Crippen molar-refractivity contribution < 1.29 is 9.90 Å². The topological polar surface area (TPSA) is 61.4 Å². The maximum atomic E-state index is 11.5. The van der Waals surface area contributed by atoms with Crippen molar-refractivity contribution in [1.29, 1.82) is 0 Å². The summed E-state index contributed by atoms with van der Waals surface area (Å²) in [5, 5.41) is 15.0. The minimum absolute atomic E-state index is 0.0246. The van der Waals surface area contributed by atoms with Crippen LogP contribution in [0.2, 0.25) is 5.02 Å². The van der Waals surface area contributed by atoms with E-state index in [1.54, 1.807) is 0 Å². The van der Waals surface area contributed by atoms with Crippen LogP contribution in [0.1, 0.15) is 10.4 Å². The second-order valence-corrected chi connectivity index (χ2v) is 3.43. The van der Waals surface area contributed by atoms with E-state index in [4.69, 9.17) is 16.7 Å². The van der Waals surface area contributed by atoms with E-state index in [2.05, 4.69) is 10.6 Å². The lowest BCUT2D eigenvalue weighted by Crippen LogP contribution is -2.30. The lowest BCUT2D eigenvalue weighted by molar-refractivity contribution is 0.0954. The Balaban J connectivity index is 2.62. The maximum Gasteiger partial charge on any atom is 0.251 e. The smallest absolute Gasteiger partial charge is 0.251 e. The quantitative estimate of drug-likeness (QED) is 0.674. The van der Waals surface area contributed by atoms with Crippen LogP contribution in [-0.2, 0) is 0 Å². The minimum atomic E-state index is -0.202. The Labute approximate surface area is 93.2 Å². The van der Waals surface area contributed by atoms with Crippen molar-refractivity contribution >= 4 is 17.5 Å². The highest BCUT2D eigenvalue weighted by atomic mass is 35.5. The third kappa shape index (κ3) is 3.42. The SMILES string of the molecule is CNCCNC(=O)c1ccc(O)c(Cl)c1. The Kier molecular flexibility index (Phi) is 4.39. The Morgan fingerprint density at radius 3 is 2.80 bits per heavy atom. The van der Waals surface area contributed by atoms with E-state index >= 15 is 0 Å². The number of aromatic hydroxyl groups is 1. The summed E-state index contributed by atoms with van der Waals surface area (Å²) in [7, 11) is 1.81. The first-order valence-corrected chi connectivity index (χ1v) is 4.94. The summed E-state index contributed by atoms with van der Waals surface area (Å²) in [6.07, 6.45) is 0. The molecule has 0 aliphatic heterocycles. The molecule has 1 rings (SSSR count). The van der Waals surface area contributed by atoms with Gasteiger partial charge in [0.15, 0.2) is 0 Å².